The highest BCUT2D eigenvalue weighted by molar-refractivity contribution is 7.91. The molecule has 0 amide bonds. The van der Waals surface area contributed by atoms with E-state index in [1.165, 1.54) is 6.07 Å². The Morgan fingerprint density at radius 1 is 1.43 bits per heavy atom. The summed E-state index contributed by atoms with van der Waals surface area (Å²) in [5.74, 6) is -0.0632. The van der Waals surface area contributed by atoms with Crippen LogP contribution in [0.5, 0.6) is 0 Å². The molecule has 0 aliphatic carbocycles. The van der Waals surface area contributed by atoms with Crippen molar-refractivity contribution in [1.29, 1.82) is 0 Å². The molecule has 2 aromatic rings. The summed E-state index contributed by atoms with van der Waals surface area (Å²) in [6.07, 6.45) is 2.16. The number of aryl methyl sites for hydroxylation is 1. The van der Waals surface area contributed by atoms with Crippen molar-refractivity contribution in [3.8, 4) is 11.3 Å². The number of sulfone groups is 1. The molecule has 1 aliphatic heterocycles. The fourth-order valence-corrected chi connectivity index (χ4v) is 4.24. The first-order valence-corrected chi connectivity index (χ1v) is 8.49. The first kappa shape index (κ1) is 14.1. The van der Waals surface area contributed by atoms with Crippen LogP contribution >= 0.6 is 0 Å². The summed E-state index contributed by atoms with van der Waals surface area (Å²) in [6.45, 7) is 1.68. The molecule has 0 saturated carbocycles. The molecule has 1 aromatic carbocycles. The van der Waals surface area contributed by atoms with Gasteiger partial charge in [0.05, 0.1) is 23.2 Å². The summed E-state index contributed by atoms with van der Waals surface area (Å²) < 4.78 is 38.3. The lowest BCUT2D eigenvalue weighted by Crippen LogP contribution is -2.11. The molecular formula is C14H16FN3O2S. The van der Waals surface area contributed by atoms with Gasteiger partial charge in [0.15, 0.2) is 9.84 Å². The molecule has 0 bridgehead atoms. The molecule has 1 fully saturated rings. The zero-order chi connectivity index (χ0) is 15.2. The van der Waals surface area contributed by atoms with Crippen molar-refractivity contribution in [2.75, 3.05) is 17.2 Å². The van der Waals surface area contributed by atoms with Gasteiger partial charge in [0.25, 0.3) is 0 Å². The van der Waals surface area contributed by atoms with E-state index in [0.717, 1.165) is 0 Å². The number of halogens is 1. The van der Waals surface area contributed by atoms with Gasteiger partial charge in [-0.1, -0.05) is 12.1 Å². The first-order valence-electron chi connectivity index (χ1n) is 6.67. The van der Waals surface area contributed by atoms with Crippen molar-refractivity contribution >= 4 is 15.5 Å². The highest BCUT2D eigenvalue weighted by Gasteiger charge is 2.30. The summed E-state index contributed by atoms with van der Waals surface area (Å²) in [5.41, 5.74) is 7.99. The predicted octanol–water partition coefficient (Wildman–Crippen LogP) is 1.94. The molecule has 0 spiro atoms. The SMILES string of the molecule is Cc1ccc(-c2nn(C3CCS(=O)(=O)C3)cc2N)cc1F. The van der Waals surface area contributed by atoms with Crippen LogP contribution in [-0.2, 0) is 9.84 Å². The average molecular weight is 309 g/mol. The largest absolute Gasteiger partial charge is 0.396 e. The average Bonchev–Trinajstić information content (AvgIpc) is 2.96. The second-order valence-corrected chi connectivity index (χ2v) is 7.66. The zero-order valence-electron chi connectivity index (χ0n) is 11.6. The smallest absolute Gasteiger partial charge is 0.152 e. The number of rotatable bonds is 2. The van der Waals surface area contributed by atoms with Gasteiger partial charge in [0.2, 0.25) is 0 Å². The number of nitrogens with zero attached hydrogens (tertiary/aromatic N) is 2. The van der Waals surface area contributed by atoms with Crippen LogP contribution in [0.2, 0.25) is 0 Å². The maximum absolute atomic E-state index is 13.7. The molecule has 1 aromatic heterocycles. The number of hydrogen-bond donors (Lipinski definition) is 1. The number of anilines is 1. The number of benzene rings is 1. The Bertz CT molecular complexity index is 799. The van der Waals surface area contributed by atoms with Crippen LogP contribution in [0.4, 0.5) is 10.1 Å². The molecule has 112 valence electrons. The van der Waals surface area contributed by atoms with Crippen LogP contribution in [-0.4, -0.2) is 29.7 Å². The molecule has 2 N–H and O–H groups in total. The molecule has 21 heavy (non-hydrogen) atoms. The zero-order valence-corrected chi connectivity index (χ0v) is 12.4. The summed E-state index contributed by atoms with van der Waals surface area (Å²) in [6, 6.07) is 4.63. The predicted molar refractivity (Wildman–Crippen MR) is 79.1 cm³/mol. The summed E-state index contributed by atoms with van der Waals surface area (Å²) >= 11 is 0. The standard InChI is InChI=1S/C14H16FN3O2S/c1-9-2-3-10(6-12(9)15)14-13(16)7-18(17-14)11-4-5-21(19,20)8-11/h2-3,6-7,11H,4-5,8,16H2,1H3. The lowest BCUT2D eigenvalue weighted by Gasteiger charge is -2.07. The van der Waals surface area contributed by atoms with E-state index in [1.807, 2.05) is 0 Å². The van der Waals surface area contributed by atoms with Gasteiger partial charge in [-0.3, -0.25) is 4.68 Å². The van der Waals surface area contributed by atoms with Gasteiger partial charge in [-0.15, -0.1) is 0 Å². The third kappa shape index (κ3) is 2.65. The van der Waals surface area contributed by atoms with Crippen LogP contribution in [0.15, 0.2) is 24.4 Å². The van der Waals surface area contributed by atoms with Crippen LogP contribution < -0.4 is 5.73 Å². The molecule has 1 atom stereocenters. The summed E-state index contributed by atoms with van der Waals surface area (Å²) in [5, 5.41) is 4.36. The molecule has 1 saturated heterocycles. The van der Waals surface area contributed by atoms with Gasteiger partial charge in [-0.2, -0.15) is 5.10 Å². The molecule has 1 aliphatic rings. The third-order valence-corrected chi connectivity index (χ3v) is 5.54. The van der Waals surface area contributed by atoms with E-state index in [-0.39, 0.29) is 23.4 Å². The van der Waals surface area contributed by atoms with Crippen molar-refractivity contribution < 1.29 is 12.8 Å². The minimum atomic E-state index is -2.99. The Kier molecular flexibility index (Phi) is 3.24. The minimum absolute atomic E-state index is 0.0792. The third-order valence-electron chi connectivity index (χ3n) is 3.79. The highest BCUT2D eigenvalue weighted by atomic mass is 32.2. The van der Waals surface area contributed by atoms with Crippen molar-refractivity contribution in [2.45, 2.75) is 19.4 Å². The van der Waals surface area contributed by atoms with E-state index in [0.29, 0.717) is 28.9 Å². The van der Waals surface area contributed by atoms with Crippen molar-refractivity contribution in [3.63, 3.8) is 0 Å². The lowest BCUT2D eigenvalue weighted by atomic mass is 10.1. The Morgan fingerprint density at radius 2 is 2.19 bits per heavy atom. The Hall–Kier alpha value is -1.89. The molecule has 1 unspecified atom stereocenters. The first-order chi connectivity index (χ1) is 9.85. The quantitative estimate of drug-likeness (QED) is 0.919. The van der Waals surface area contributed by atoms with Crippen molar-refractivity contribution in [3.05, 3.63) is 35.8 Å². The van der Waals surface area contributed by atoms with Crippen molar-refractivity contribution in [1.82, 2.24) is 9.78 Å². The van der Waals surface area contributed by atoms with Gasteiger partial charge in [-0.25, -0.2) is 12.8 Å². The fourth-order valence-electron chi connectivity index (χ4n) is 2.54. The summed E-state index contributed by atoms with van der Waals surface area (Å²) in [4.78, 5) is 0. The van der Waals surface area contributed by atoms with Gasteiger partial charge < -0.3 is 5.73 Å². The van der Waals surface area contributed by atoms with Gasteiger partial charge in [0.1, 0.15) is 11.5 Å². The Balaban J connectivity index is 1.96. The highest BCUT2D eigenvalue weighted by Crippen LogP contribution is 2.30. The normalized spacial score (nSPS) is 20.8. The maximum Gasteiger partial charge on any atom is 0.152 e. The second-order valence-electron chi connectivity index (χ2n) is 5.43. The maximum atomic E-state index is 13.7. The number of nitrogen functional groups attached to an aromatic ring is 1. The molecule has 0 radical (unpaired) electrons. The van der Waals surface area contributed by atoms with E-state index >= 15 is 0 Å². The van der Waals surface area contributed by atoms with E-state index < -0.39 is 9.84 Å². The number of hydrogen-bond acceptors (Lipinski definition) is 4. The van der Waals surface area contributed by atoms with Crippen molar-refractivity contribution in [2.24, 2.45) is 0 Å². The number of aromatic nitrogens is 2. The van der Waals surface area contributed by atoms with E-state index in [9.17, 15) is 12.8 Å². The van der Waals surface area contributed by atoms with E-state index in [1.54, 1.807) is 29.9 Å². The van der Waals surface area contributed by atoms with Crippen LogP contribution in [0.1, 0.15) is 18.0 Å². The van der Waals surface area contributed by atoms with Crippen LogP contribution in [0.25, 0.3) is 11.3 Å². The molecule has 2 heterocycles. The monoisotopic (exact) mass is 309 g/mol. The lowest BCUT2D eigenvalue weighted by molar-refractivity contribution is 0.501. The summed E-state index contributed by atoms with van der Waals surface area (Å²) in [7, 11) is -2.99. The minimum Gasteiger partial charge on any atom is -0.396 e. The van der Waals surface area contributed by atoms with Gasteiger partial charge in [0, 0.05) is 11.8 Å². The fraction of sp³-hybridized carbons (Fsp3) is 0.357. The molecule has 5 nitrogen and oxygen atoms in total. The van der Waals surface area contributed by atoms with E-state index in [4.69, 9.17) is 5.73 Å². The molecular weight excluding hydrogens is 293 g/mol. The van der Waals surface area contributed by atoms with E-state index in [2.05, 4.69) is 5.10 Å². The number of nitrogens with two attached hydrogens (primary N) is 1. The Morgan fingerprint density at radius 3 is 2.81 bits per heavy atom. The Labute approximate surface area is 122 Å². The van der Waals surface area contributed by atoms with Crippen LogP contribution in [0.3, 0.4) is 0 Å². The second kappa shape index (κ2) is 4.84. The molecule has 7 heteroatoms. The van der Waals surface area contributed by atoms with Gasteiger partial charge >= 0.3 is 0 Å². The van der Waals surface area contributed by atoms with Crippen LogP contribution in [0, 0.1) is 12.7 Å². The van der Waals surface area contributed by atoms with Gasteiger partial charge in [-0.05, 0) is 25.0 Å². The topological polar surface area (TPSA) is 78.0 Å². The molecule has 3 rings (SSSR count).